The van der Waals surface area contributed by atoms with Crippen molar-refractivity contribution in [3.05, 3.63) is 29.8 Å². The van der Waals surface area contributed by atoms with Crippen molar-refractivity contribution in [2.75, 3.05) is 7.11 Å². The molecule has 0 bridgehead atoms. The number of aliphatic hydroxyl groups is 1. The zero-order chi connectivity index (χ0) is 12.3. The maximum absolute atomic E-state index is 9.09. The first-order valence-corrected chi connectivity index (χ1v) is 5.04. The SMILES string of the molecule is COc1cc(-c2nc(C)cc(CO)n2)ncn1. The lowest BCUT2D eigenvalue weighted by Gasteiger charge is -2.04. The molecule has 0 radical (unpaired) electrons. The molecule has 6 heteroatoms. The summed E-state index contributed by atoms with van der Waals surface area (Å²) in [6.07, 6.45) is 1.39. The van der Waals surface area contributed by atoms with Crippen molar-refractivity contribution in [3.63, 3.8) is 0 Å². The van der Waals surface area contributed by atoms with Crippen LogP contribution < -0.4 is 4.74 Å². The Balaban J connectivity index is 2.47. The van der Waals surface area contributed by atoms with Gasteiger partial charge in [0.1, 0.15) is 12.0 Å². The van der Waals surface area contributed by atoms with E-state index in [1.54, 1.807) is 12.1 Å². The third-order valence-electron chi connectivity index (χ3n) is 2.15. The third kappa shape index (κ3) is 2.54. The Bertz CT molecular complexity index is 531. The summed E-state index contributed by atoms with van der Waals surface area (Å²) in [5.74, 6) is 0.903. The van der Waals surface area contributed by atoms with Gasteiger partial charge in [-0.3, -0.25) is 0 Å². The quantitative estimate of drug-likeness (QED) is 0.840. The Labute approximate surface area is 98.4 Å². The van der Waals surface area contributed by atoms with Crippen molar-refractivity contribution in [1.29, 1.82) is 0 Å². The van der Waals surface area contributed by atoms with Gasteiger partial charge in [-0.2, -0.15) is 0 Å². The number of ether oxygens (including phenoxy) is 1. The summed E-state index contributed by atoms with van der Waals surface area (Å²) in [5, 5.41) is 9.09. The normalized spacial score (nSPS) is 10.3. The van der Waals surface area contributed by atoms with Gasteiger partial charge in [0, 0.05) is 11.8 Å². The minimum atomic E-state index is -0.126. The smallest absolute Gasteiger partial charge is 0.216 e. The number of aliphatic hydroxyl groups excluding tert-OH is 1. The maximum Gasteiger partial charge on any atom is 0.216 e. The maximum atomic E-state index is 9.09. The molecule has 88 valence electrons. The summed E-state index contributed by atoms with van der Waals surface area (Å²) < 4.78 is 5.01. The molecule has 0 aliphatic rings. The molecule has 0 fully saturated rings. The van der Waals surface area contributed by atoms with Crippen LogP contribution >= 0.6 is 0 Å². The molecule has 1 N–H and O–H groups in total. The van der Waals surface area contributed by atoms with Crippen LogP contribution in [0.15, 0.2) is 18.5 Å². The highest BCUT2D eigenvalue weighted by atomic mass is 16.5. The van der Waals surface area contributed by atoms with E-state index in [2.05, 4.69) is 19.9 Å². The fourth-order valence-electron chi connectivity index (χ4n) is 1.40. The van der Waals surface area contributed by atoms with Gasteiger partial charge in [0.25, 0.3) is 0 Å². The Kier molecular flexibility index (Phi) is 3.24. The van der Waals surface area contributed by atoms with Crippen LogP contribution in [0.5, 0.6) is 5.88 Å². The highest BCUT2D eigenvalue weighted by molar-refractivity contribution is 5.50. The first kappa shape index (κ1) is 11.4. The van der Waals surface area contributed by atoms with Gasteiger partial charge in [0.05, 0.1) is 19.4 Å². The molecular weight excluding hydrogens is 220 g/mol. The third-order valence-corrected chi connectivity index (χ3v) is 2.15. The summed E-state index contributed by atoms with van der Waals surface area (Å²) in [6.45, 7) is 1.71. The zero-order valence-electron chi connectivity index (χ0n) is 9.58. The van der Waals surface area contributed by atoms with Crippen molar-refractivity contribution < 1.29 is 9.84 Å². The van der Waals surface area contributed by atoms with Gasteiger partial charge in [-0.1, -0.05) is 0 Å². The van der Waals surface area contributed by atoms with E-state index in [0.717, 1.165) is 5.69 Å². The number of aromatic nitrogens is 4. The second-order valence-corrected chi connectivity index (χ2v) is 3.43. The Morgan fingerprint density at radius 1 is 1.24 bits per heavy atom. The lowest BCUT2D eigenvalue weighted by molar-refractivity contribution is 0.276. The van der Waals surface area contributed by atoms with Crippen LogP contribution in [0.4, 0.5) is 0 Å². The predicted molar refractivity (Wildman–Crippen MR) is 60.3 cm³/mol. The minimum absolute atomic E-state index is 0.126. The van der Waals surface area contributed by atoms with Gasteiger partial charge in [0.2, 0.25) is 5.88 Å². The van der Waals surface area contributed by atoms with Crippen molar-refractivity contribution in [2.24, 2.45) is 0 Å². The number of methoxy groups -OCH3 is 1. The van der Waals surface area contributed by atoms with Crippen molar-refractivity contribution in [1.82, 2.24) is 19.9 Å². The molecule has 2 rings (SSSR count). The van der Waals surface area contributed by atoms with E-state index >= 15 is 0 Å². The summed E-state index contributed by atoms with van der Waals surface area (Å²) in [4.78, 5) is 16.4. The predicted octanol–water partition coefficient (Wildman–Crippen LogP) is 0.743. The fourth-order valence-corrected chi connectivity index (χ4v) is 1.40. The number of rotatable bonds is 3. The van der Waals surface area contributed by atoms with Crippen molar-refractivity contribution in [3.8, 4) is 17.4 Å². The standard InChI is InChI=1S/C11H12N4O2/c1-7-3-8(5-16)15-11(14-7)9-4-10(17-2)13-6-12-9/h3-4,6,16H,5H2,1-2H3. The molecule has 2 aromatic rings. The topological polar surface area (TPSA) is 81.0 Å². The second-order valence-electron chi connectivity index (χ2n) is 3.43. The van der Waals surface area contributed by atoms with E-state index in [0.29, 0.717) is 23.1 Å². The highest BCUT2D eigenvalue weighted by Gasteiger charge is 2.07. The lowest BCUT2D eigenvalue weighted by Crippen LogP contribution is -2.00. The first-order valence-electron chi connectivity index (χ1n) is 5.04. The van der Waals surface area contributed by atoms with Crippen LogP contribution in [0.2, 0.25) is 0 Å². The second kappa shape index (κ2) is 4.84. The average Bonchev–Trinajstić information content (AvgIpc) is 2.38. The molecule has 6 nitrogen and oxygen atoms in total. The molecule has 0 aliphatic heterocycles. The van der Waals surface area contributed by atoms with E-state index in [-0.39, 0.29) is 6.61 Å². The van der Waals surface area contributed by atoms with Gasteiger partial charge >= 0.3 is 0 Å². The van der Waals surface area contributed by atoms with Gasteiger partial charge in [-0.05, 0) is 13.0 Å². The van der Waals surface area contributed by atoms with Crippen LogP contribution in [0, 0.1) is 6.92 Å². The van der Waals surface area contributed by atoms with E-state index in [9.17, 15) is 0 Å². The average molecular weight is 232 g/mol. The molecule has 0 amide bonds. The summed E-state index contributed by atoms with van der Waals surface area (Å²) >= 11 is 0. The molecule has 0 unspecified atom stereocenters. The minimum Gasteiger partial charge on any atom is -0.481 e. The number of hydrogen-bond acceptors (Lipinski definition) is 6. The molecular formula is C11H12N4O2. The van der Waals surface area contributed by atoms with E-state index in [4.69, 9.17) is 9.84 Å². The summed E-state index contributed by atoms with van der Waals surface area (Å²) in [7, 11) is 1.53. The molecule has 0 spiro atoms. The van der Waals surface area contributed by atoms with Crippen molar-refractivity contribution in [2.45, 2.75) is 13.5 Å². The summed E-state index contributed by atoms with van der Waals surface area (Å²) in [6, 6.07) is 3.37. The van der Waals surface area contributed by atoms with Crippen LogP contribution in [0.25, 0.3) is 11.5 Å². The van der Waals surface area contributed by atoms with Crippen molar-refractivity contribution >= 4 is 0 Å². The number of aryl methyl sites for hydroxylation is 1. The largest absolute Gasteiger partial charge is 0.481 e. The van der Waals surface area contributed by atoms with Gasteiger partial charge in [0.15, 0.2) is 5.82 Å². The number of nitrogens with zero attached hydrogens (tertiary/aromatic N) is 4. The monoisotopic (exact) mass is 232 g/mol. The van der Waals surface area contributed by atoms with Gasteiger partial charge in [-0.15, -0.1) is 0 Å². The van der Waals surface area contributed by atoms with Crippen LogP contribution in [0.1, 0.15) is 11.4 Å². The Morgan fingerprint density at radius 3 is 2.76 bits per heavy atom. The molecule has 0 saturated heterocycles. The molecule has 2 heterocycles. The zero-order valence-corrected chi connectivity index (χ0v) is 9.58. The highest BCUT2D eigenvalue weighted by Crippen LogP contribution is 2.16. The molecule has 0 atom stereocenters. The molecule has 0 saturated carbocycles. The first-order chi connectivity index (χ1) is 8.22. The van der Waals surface area contributed by atoms with E-state index < -0.39 is 0 Å². The number of hydrogen-bond donors (Lipinski definition) is 1. The Hall–Kier alpha value is -2.08. The molecule has 0 aliphatic carbocycles. The molecule has 2 aromatic heterocycles. The van der Waals surface area contributed by atoms with Gasteiger partial charge in [-0.25, -0.2) is 19.9 Å². The van der Waals surface area contributed by atoms with Crippen LogP contribution in [-0.2, 0) is 6.61 Å². The lowest BCUT2D eigenvalue weighted by atomic mass is 10.3. The fraction of sp³-hybridized carbons (Fsp3) is 0.273. The van der Waals surface area contributed by atoms with Crippen LogP contribution in [-0.4, -0.2) is 32.2 Å². The molecule has 17 heavy (non-hydrogen) atoms. The summed E-state index contributed by atoms with van der Waals surface area (Å²) in [5.41, 5.74) is 1.90. The van der Waals surface area contributed by atoms with E-state index in [1.165, 1.54) is 13.4 Å². The van der Waals surface area contributed by atoms with Gasteiger partial charge < -0.3 is 9.84 Å². The molecule has 0 aromatic carbocycles. The van der Waals surface area contributed by atoms with E-state index in [1.807, 2.05) is 6.92 Å². The van der Waals surface area contributed by atoms with Crippen LogP contribution in [0.3, 0.4) is 0 Å². The Morgan fingerprint density at radius 2 is 2.06 bits per heavy atom.